The average Bonchev–Trinajstić information content (AvgIpc) is 2.60. The molecule has 0 fully saturated rings. The van der Waals surface area contributed by atoms with Crippen molar-refractivity contribution in [2.24, 2.45) is 0 Å². The molecule has 1 atom stereocenters. The van der Waals surface area contributed by atoms with Gasteiger partial charge in [-0.15, -0.1) is 0 Å². The highest BCUT2D eigenvalue weighted by molar-refractivity contribution is 6.33. The fourth-order valence-corrected chi connectivity index (χ4v) is 2.91. The van der Waals surface area contributed by atoms with Gasteiger partial charge in [0.2, 0.25) is 0 Å². The third-order valence-corrected chi connectivity index (χ3v) is 4.38. The van der Waals surface area contributed by atoms with E-state index in [1.807, 2.05) is 43.3 Å². The summed E-state index contributed by atoms with van der Waals surface area (Å²) in [6, 6.07) is 14.8. The van der Waals surface area contributed by atoms with Gasteiger partial charge in [0.25, 0.3) is 0 Å². The fourth-order valence-electron chi connectivity index (χ4n) is 2.67. The van der Waals surface area contributed by atoms with E-state index < -0.39 is 11.6 Å². The molecule has 2 rings (SSSR count). The Labute approximate surface area is 148 Å². The molecule has 0 radical (unpaired) electrons. The zero-order chi connectivity index (χ0) is 17.6. The van der Waals surface area contributed by atoms with Gasteiger partial charge in [-0.3, -0.25) is 0 Å². The largest absolute Gasteiger partial charge is 0.464 e. The molecule has 0 amide bonds. The second kappa shape index (κ2) is 8.32. The third-order valence-electron chi connectivity index (χ3n) is 4.05. The topological polar surface area (TPSA) is 46.5 Å². The molecular formula is C20H23ClO3. The van der Waals surface area contributed by atoms with Crippen LogP contribution in [0.4, 0.5) is 0 Å². The molecule has 0 aliphatic carbocycles. The Morgan fingerprint density at radius 1 is 1.12 bits per heavy atom. The first-order valence-electron chi connectivity index (χ1n) is 8.28. The Bertz CT molecular complexity index is 682. The van der Waals surface area contributed by atoms with E-state index in [0.717, 1.165) is 24.0 Å². The molecule has 24 heavy (non-hydrogen) atoms. The zero-order valence-corrected chi connectivity index (χ0v) is 14.8. The molecule has 0 aromatic heterocycles. The molecular weight excluding hydrogens is 324 g/mol. The lowest BCUT2D eigenvalue weighted by Gasteiger charge is -2.26. The normalized spacial score (nSPS) is 13.3. The van der Waals surface area contributed by atoms with Crippen molar-refractivity contribution in [3.8, 4) is 11.1 Å². The summed E-state index contributed by atoms with van der Waals surface area (Å²) in [5.41, 5.74) is 0.792. The molecule has 0 spiro atoms. The molecule has 4 heteroatoms. The number of carbonyl (C=O) groups excluding carboxylic acids is 1. The first-order chi connectivity index (χ1) is 11.5. The monoisotopic (exact) mass is 346 g/mol. The molecule has 3 nitrogen and oxygen atoms in total. The van der Waals surface area contributed by atoms with Gasteiger partial charge in [0.05, 0.1) is 6.61 Å². The molecule has 0 bridgehead atoms. The van der Waals surface area contributed by atoms with Gasteiger partial charge in [-0.2, -0.15) is 0 Å². The molecule has 0 aliphatic rings. The van der Waals surface area contributed by atoms with Gasteiger partial charge in [0.1, 0.15) is 0 Å². The van der Waals surface area contributed by atoms with E-state index >= 15 is 0 Å². The predicted molar refractivity (Wildman–Crippen MR) is 96.9 cm³/mol. The summed E-state index contributed by atoms with van der Waals surface area (Å²) in [5, 5.41) is 11.6. The third kappa shape index (κ3) is 3.97. The van der Waals surface area contributed by atoms with Crippen molar-refractivity contribution in [2.45, 2.75) is 38.7 Å². The van der Waals surface area contributed by atoms with E-state index in [1.165, 1.54) is 0 Å². The van der Waals surface area contributed by atoms with Gasteiger partial charge in [-0.1, -0.05) is 67.4 Å². The summed E-state index contributed by atoms with van der Waals surface area (Å²) >= 11 is 6.23. The van der Waals surface area contributed by atoms with Crippen molar-refractivity contribution < 1.29 is 14.6 Å². The lowest BCUT2D eigenvalue weighted by Crippen LogP contribution is -2.37. The van der Waals surface area contributed by atoms with Crippen LogP contribution in [0.2, 0.25) is 5.02 Å². The maximum absolute atomic E-state index is 12.3. The highest BCUT2D eigenvalue weighted by atomic mass is 35.5. The summed E-state index contributed by atoms with van der Waals surface area (Å²) in [6.45, 7) is 4.00. The van der Waals surface area contributed by atoms with Crippen LogP contribution < -0.4 is 0 Å². The summed E-state index contributed by atoms with van der Waals surface area (Å²) in [4.78, 5) is 12.3. The van der Waals surface area contributed by atoms with Crippen LogP contribution >= 0.6 is 11.6 Å². The highest BCUT2D eigenvalue weighted by Crippen LogP contribution is 2.32. The summed E-state index contributed by atoms with van der Waals surface area (Å²) in [6.07, 6.45) is 1.97. The molecule has 0 saturated carbocycles. The number of hydrogen-bond acceptors (Lipinski definition) is 3. The number of halogens is 1. The van der Waals surface area contributed by atoms with Gasteiger partial charge >= 0.3 is 5.97 Å². The van der Waals surface area contributed by atoms with Crippen LogP contribution in [0, 0.1) is 0 Å². The van der Waals surface area contributed by atoms with Gasteiger partial charge < -0.3 is 9.84 Å². The number of carbonyl (C=O) groups is 1. The number of esters is 1. The SMILES string of the molecule is CCCCC(O)(C(=O)OCC)c1ccc(-c2ccccc2Cl)cc1. The van der Waals surface area contributed by atoms with E-state index in [1.54, 1.807) is 19.1 Å². The van der Waals surface area contributed by atoms with Crippen molar-refractivity contribution in [2.75, 3.05) is 6.61 Å². The average molecular weight is 347 g/mol. The maximum atomic E-state index is 12.3. The minimum atomic E-state index is -1.61. The first kappa shape index (κ1) is 18.5. The van der Waals surface area contributed by atoms with Gasteiger partial charge in [-0.25, -0.2) is 4.79 Å². The Balaban J connectivity index is 2.35. The van der Waals surface area contributed by atoms with E-state index in [9.17, 15) is 9.90 Å². The molecule has 2 aromatic rings. The number of ether oxygens (including phenoxy) is 1. The molecule has 1 N–H and O–H groups in total. The van der Waals surface area contributed by atoms with Gasteiger partial charge in [0.15, 0.2) is 5.60 Å². The van der Waals surface area contributed by atoms with E-state index in [2.05, 4.69) is 0 Å². The van der Waals surface area contributed by atoms with Gasteiger partial charge in [-0.05, 0) is 37.0 Å². The van der Waals surface area contributed by atoms with Crippen LogP contribution in [0.15, 0.2) is 48.5 Å². The number of benzene rings is 2. The van der Waals surface area contributed by atoms with E-state index in [0.29, 0.717) is 17.0 Å². The standard InChI is InChI=1S/C20H23ClO3/c1-3-5-14-20(23,19(22)24-4-2)16-12-10-15(11-13-16)17-8-6-7-9-18(17)21/h6-13,23H,3-5,14H2,1-2H3. The van der Waals surface area contributed by atoms with Crippen LogP contribution in [0.5, 0.6) is 0 Å². The van der Waals surface area contributed by atoms with Gasteiger partial charge in [0, 0.05) is 10.6 Å². The Morgan fingerprint density at radius 3 is 2.38 bits per heavy atom. The molecule has 0 heterocycles. The number of hydrogen-bond donors (Lipinski definition) is 1. The lowest BCUT2D eigenvalue weighted by molar-refractivity contribution is -0.167. The quantitative estimate of drug-likeness (QED) is 0.722. The van der Waals surface area contributed by atoms with Crippen molar-refractivity contribution in [3.05, 3.63) is 59.1 Å². The minimum Gasteiger partial charge on any atom is -0.464 e. The summed E-state index contributed by atoms with van der Waals surface area (Å²) in [7, 11) is 0. The predicted octanol–water partition coefficient (Wildman–Crippen LogP) is 4.95. The minimum absolute atomic E-state index is 0.241. The smallest absolute Gasteiger partial charge is 0.342 e. The van der Waals surface area contributed by atoms with Crippen LogP contribution in [0.3, 0.4) is 0 Å². The van der Waals surface area contributed by atoms with E-state index in [-0.39, 0.29) is 6.61 Å². The molecule has 1 unspecified atom stereocenters. The Morgan fingerprint density at radius 2 is 1.79 bits per heavy atom. The van der Waals surface area contributed by atoms with Crippen LogP contribution in [0.25, 0.3) is 11.1 Å². The highest BCUT2D eigenvalue weighted by Gasteiger charge is 2.38. The second-order valence-electron chi connectivity index (χ2n) is 5.74. The van der Waals surface area contributed by atoms with Crippen molar-refractivity contribution in [1.29, 1.82) is 0 Å². The summed E-state index contributed by atoms with van der Waals surface area (Å²) in [5.74, 6) is -0.594. The zero-order valence-electron chi connectivity index (χ0n) is 14.1. The Hall–Kier alpha value is -1.84. The molecule has 128 valence electrons. The van der Waals surface area contributed by atoms with Crippen LogP contribution in [0.1, 0.15) is 38.7 Å². The molecule has 2 aromatic carbocycles. The number of aliphatic hydroxyl groups is 1. The molecule has 0 saturated heterocycles. The van der Waals surface area contributed by atoms with Crippen LogP contribution in [-0.4, -0.2) is 17.7 Å². The van der Waals surface area contributed by atoms with Crippen molar-refractivity contribution in [1.82, 2.24) is 0 Å². The number of rotatable bonds is 7. The number of unbranched alkanes of at least 4 members (excludes halogenated alkanes) is 1. The van der Waals surface area contributed by atoms with E-state index in [4.69, 9.17) is 16.3 Å². The second-order valence-corrected chi connectivity index (χ2v) is 6.15. The van der Waals surface area contributed by atoms with Crippen molar-refractivity contribution >= 4 is 17.6 Å². The van der Waals surface area contributed by atoms with Crippen LogP contribution in [-0.2, 0) is 15.1 Å². The lowest BCUT2D eigenvalue weighted by atomic mass is 9.87. The Kier molecular flexibility index (Phi) is 6.41. The molecule has 0 aliphatic heterocycles. The summed E-state index contributed by atoms with van der Waals surface area (Å²) < 4.78 is 5.08. The maximum Gasteiger partial charge on any atom is 0.342 e. The van der Waals surface area contributed by atoms with Crippen molar-refractivity contribution in [3.63, 3.8) is 0 Å². The fraction of sp³-hybridized carbons (Fsp3) is 0.350. The first-order valence-corrected chi connectivity index (χ1v) is 8.65.